The molecule has 0 aromatic heterocycles. The molecule has 2 heteroatoms. The van der Waals surface area contributed by atoms with E-state index >= 15 is 0 Å². The van der Waals surface area contributed by atoms with Gasteiger partial charge in [-0.2, -0.15) is 0 Å². The second-order valence-electron chi connectivity index (χ2n) is 5.44. The lowest BCUT2D eigenvalue weighted by Gasteiger charge is -2.10. The summed E-state index contributed by atoms with van der Waals surface area (Å²) in [7, 11) is 1.46. The highest BCUT2D eigenvalue weighted by molar-refractivity contribution is 5.86. The van der Waals surface area contributed by atoms with Gasteiger partial charge in [0.05, 0.1) is 12.5 Å². The first-order valence-corrected chi connectivity index (χ1v) is 7.14. The van der Waals surface area contributed by atoms with E-state index in [4.69, 9.17) is 4.74 Å². The lowest BCUT2D eigenvalue weighted by molar-refractivity contribution is -0.145. The first-order chi connectivity index (χ1) is 10.3. The summed E-state index contributed by atoms with van der Waals surface area (Å²) >= 11 is 0. The number of methoxy groups -OCH3 is 1. The Balaban J connectivity index is 1.87. The summed E-state index contributed by atoms with van der Waals surface area (Å²) in [5.74, 6) is 0.0645. The smallest absolute Gasteiger partial charge is 0.316 e. The van der Waals surface area contributed by atoms with Crippen LogP contribution >= 0.6 is 0 Å². The molecule has 2 nitrogen and oxygen atoms in total. The van der Waals surface area contributed by atoms with Gasteiger partial charge in [0.15, 0.2) is 0 Å². The summed E-state index contributed by atoms with van der Waals surface area (Å²) in [6, 6.07) is 20.2. The molecule has 21 heavy (non-hydrogen) atoms. The number of hydrogen-bond acceptors (Lipinski definition) is 2. The molecule has 1 fully saturated rings. The molecule has 0 bridgehead atoms. The quantitative estimate of drug-likeness (QED) is 0.789. The maximum atomic E-state index is 12.2. The fourth-order valence-corrected chi connectivity index (χ4v) is 2.86. The third-order valence-electron chi connectivity index (χ3n) is 4.14. The van der Waals surface area contributed by atoms with Crippen LogP contribution in [0.25, 0.3) is 6.08 Å². The molecular formula is C19H18O2. The molecule has 3 rings (SSSR count). The van der Waals surface area contributed by atoms with Gasteiger partial charge in [0.1, 0.15) is 0 Å². The van der Waals surface area contributed by atoms with Crippen molar-refractivity contribution in [2.24, 2.45) is 5.41 Å². The third-order valence-corrected chi connectivity index (χ3v) is 4.14. The van der Waals surface area contributed by atoms with E-state index in [1.165, 1.54) is 12.7 Å². The molecule has 2 atom stereocenters. The zero-order chi connectivity index (χ0) is 14.7. The van der Waals surface area contributed by atoms with Crippen LogP contribution in [0, 0.1) is 5.41 Å². The second kappa shape index (κ2) is 5.57. The van der Waals surface area contributed by atoms with Crippen molar-refractivity contribution in [2.45, 2.75) is 12.3 Å². The van der Waals surface area contributed by atoms with Crippen LogP contribution in [0.5, 0.6) is 0 Å². The Labute approximate surface area is 125 Å². The van der Waals surface area contributed by atoms with Gasteiger partial charge >= 0.3 is 5.97 Å². The minimum absolute atomic E-state index is 0.150. The van der Waals surface area contributed by atoms with E-state index in [1.54, 1.807) is 0 Å². The number of benzene rings is 2. The third kappa shape index (κ3) is 2.62. The van der Waals surface area contributed by atoms with E-state index in [-0.39, 0.29) is 11.9 Å². The van der Waals surface area contributed by atoms with Gasteiger partial charge in [-0.3, -0.25) is 4.79 Å². The molecule has 0 N–H and O–H groups in total. The highest BCUT2D eigenvalue weighted by Gasteiger charge is 2.59. The Hall–Kier alpha value is -2.35. The van der Waals surface area contributed by atoms with Crippen molar-refractivity contribution in [1.29, 1.82) is 0 Å². The van der Waals surface area contributed by atoms with Crippen LogP contribution < -0.4 is 0 Å². The van der Waals surface area contributed by atoms with Crippen LogP contribution in [-0.4, -0.2) is 13.1 Å². The zero-order valence-electron chi connectivity index (χ0n) is 12.0. The predicted octanol–water partition coefficient (Wildman–Crippen LogP) is 4.05. The minimum atomic E-state index is -0.508. The van der Waals surface area contributed by atoms with Crippen molar-refractivity contribution >= 4 is 12.0 Å². The minimum Gasteiger partial charge on any atom is -0.468 e. The van der Waals surface area contributed by atoms with Crippen LogP contribution in [0.15, 0.2) is 66.7 Å². The van der Waals surface area contributed by atoms with Crippen molar-refractivity contribution in [3.63, 3.8) is 0 Å². The van der Waals surface area contributed by atoms with Gasteiger partial charge in [-0.1, -0.05) is 72.8 Å². The highest BCUT2D eigenvalue weighted by Crippen LogP contribution is 2.61. The molecule has 1 aliphatic carbocycles. The van der Waals surface area contributed by atoms with Crippen molar-refractivity contribution in [3.8, 4) is 0 Å². The second-order valence-corrected chi connectivity index (χ2v) is 5.44. The molecular weight excluding hydrogens is 260 g/mol. The molecule has 0 unspecified atom stereocenters. The van der Waals surface area contributed by atoms with Crippen LogP contribution in [0.2, 0.25) is 0 Å². The van der Waals surface area contributed by atoms with Gasteiger partial charge in [0.25, 0.3) is 0 Å². The van der Waals surface area contributed by atoms with Crippen molar-refractivity contribution in [3.05, 3.63) is 77.9 Å². The Kier molecular flexibility index (Phi) is 3.61. The maximum Gasteiger partial charge on any atom is 0.316 e. The lowest BCUT2D eigenvalue weighted by Crippen LogP contribution is -2.17. The van der Waals surface area contributed by atoms with Crippen LogP contribution in [0.3, 0.4) is 0 Å². The summed E-state index contributed by atoms with van der Waals surface area (Å²) in [6.07, 6.45) is 4.83. The van der Waals surface area contributed by atoms with E-state index in [0.717, 1.165) is 12.0 Å². The average Bonchev–Trinajstić information content (AvgIpc) is 3.30. The number of carbonyl (C=O) groups is 1. The van der Waals surface area contributed by atoms with Gasteiger partial charge in [-0.25, -0.2) is 0 Å². The summed E-state index contributed by atoms with van der Waals surface area (Å²) in [5.41, 5.74) is 1.78. The molecule has 0 amide bonds. The largest absolute Gasteiger partial charge is 0.468 e. The monoisotopic (exact) mass is 278 g/mol. The van der Waals surface area contributed by atoms with E-state index < -0.39 is 5.41 Å². The number of ether oxygens (including phenoxy) is 1. The standard InChI is InChI=1S/C19H18O2/c1-21-18(20)19(13-12-15-8-4-2-5-9-15)14-17(19)16-10-6-3-7-11-16/h2-13,17H,14H2,1H3/t17-,19+/m1/s1. The summed E-state index contributed by atoms with van der Waals surface area (Å²) in [5, 5.41) is 0. The number of hydrogen-bond donors (Lipinski definition) is 0. The highest BCUT2D eigenvalue weighted by atomic mass is 16.5. The average molecular weight is 278 g/mol. The maximum absolute atomic E-state index is 12.2. The Morgan fingerprint density at radius 2 is 1.71 bits per heavy atom. The van der Waals surface area contributed by atoms with Gasteiger partial charge in [0.2, 0.25) is 0 Å². The summed E-state index contributed by atoms with van der Waals surface area (Å²) in [4.78, 5) is 12.2. The van der Waals surface area contributed by atoms with Gasteiger partial charge in [-0.15, -0.1) is 0 Å². The van der Waals surface area contributed by atoms with Crippen LogP contribution in [0.4, 0.5) is 0 Å². The SMILES string of the molecule is COC(=O)[C@@]1(C=Cc2ccccc2)C[C@@H]1c1ccccc1. The summed E-state index contributed by atoms with van der Waals surface area (Å²) in [6.45, 7) is 0. The molecule has 0 heterocycles. The summed E-state index contributed by atoms with van der Waals surface area (Å²) < 4.78 is 5.03. The Morgan fingerprint density at radius 3 is 2.33 bits per heavy atom. The van der Waals surface area contributed by atoms with Crippen LogP contribution in [0.1, 0.15) is 23.5 Å². The van der Waals surface area contributed by atoms with E-state index in [0.29, 0.717) is 0 Å². The number of carbonyl (C=O) groups excluding carboxylic acids is 1. The first kappa shape index (κ1) is 13.6. The molecule has 0 radical (unpaired) electrons. The van der Waals surface area contributed by atoms with E-state index in [9.17, 15) is 4.79 Å². The predicted molar refractivity (Wildman–Crippen MR) is 83.7 cm³/mol. The number of esters is 1. The molecule has 2 aromatic carbocycles. The van der Waals surface area contributed by atoms with Gasteiger partial charge < -0.3 is 4.74 Å². The molecule has 1 aliphatic rings. The molecule has 2 aromatic rings. The molecule has 1 saturated carbocycles. The van der Waals surface area contributed by atoms with E-state index in [1.807, 2.05) is 60.7 Å². The zero-order valence-corrected chi connectivity index (χ0v) is 12.0. The number of rotatable bonds is 4. The van der Waals surface area contributed by atoms with Crippen molar-refractivity contribution in [1.82, 2.24) is 0 Å². The normalized spacial score (nSPS) is 24.0. The van der Waals surface area contributed by atoms with Crippen LogP contribution in [-0.2, 0) is 9.53 Å². The molecule has 0 spiro atoms. The van der Waals surface area contributed by atoms with Gasteiger partial charge in [-0.05, 0) is 17.5 Å². The Morgan fingerprint density at radius 1 is 1.10 bits per heavy atom. The van der Waals surface area contributed by atoms with Crippen molar-refractivity contribution < 1.29 is 9.53 Å². The topological polar surface area (TPSA) is 26.3 Å². The molecule has 106 valence electrons. The van der Waals surface area contributed by atoms with Crippen molar-refractivity contribution in [2.75, 3.05) is 7.11 Å². The first-order valence-electron chi connectivity index (χ1n) is 7.14. The lowest BCUT2D eigenvalue weighted by atomic mass is 9.97. The Bertz CT molecular complexity index is 646. The van der Waals surface area contributed by atoms with Gasteiger partial charge in [0, 0.05) is 5.92 Å². The van der Waals surface area contributed by atoms with E-state index in [2.05, 4.69) is 12.1 Å². The fraction of sp³-hybridized carbons (Fsp3) is 0.211. The molecule has 0 saturated heterocycles. The fourth-order valence-electron chi connectivity index (χ4n) is 2.86. The molecule has 0 aliphatic heterocycles.